The molecular weight excluding hydrogens is 368 g/mol. The molecule has 0 unspecified atom stereocenters. The van der Waals surface area contributed by atoms with Gasteiger partial charge in [-0.3, -0.25) is 0 Å². The van der Waals surface area contributed by atoms with Gasteiger partial charge >= 0.3 is 12.3 Å². The lowest BCUT2D eigenvalue weighted by Gasteiger charge is -2.19. The summed E-state index contributed by atoms with van der Waals surface area (Å²) >= 11 is 0. The summed E-state index contributed by atoms with van der Waals surface area (Å²) in [5.41, 5.74) is 11.4. The Morgan fingerprint density at radius 3 is 1.68 bits per heavy atom. The quantitative estimate of drug-likeness (QED) is 0.449. The van der Waals surface area contributed by atoms with E-state index in [1.54, 1.807) is 32.9 Å². The SMILES string of the molecule is COC(=O)Oc1ccc(Oc2ccc(OC(=O)OC(C)(C)C)c(N)c2)cc1N. The summed E-state index contributed by atoms with van der Waals surface area (Å²) in [4.78, 5) is 22.9. The Morgan fingerprint density at radius 2 is 1.29 bits per heavy atom. The van der Waals surface area contributed by atoms with Crippen molar-refractivity contribution >= 4 is 23.7 Å². The van der Waals surface area contributed by atoms with E-state index < -0.39 is 17.9 Å². The number of nitrogens with two attached hydrogens (primary N) is 2. The zero-order valence-corrected chi connectivity index (χ0v) is 16.0. The van der Waals surface area contributed by atoms with E-state index in [0.29, 0.717) is 11.5 Å². The molecule has 0 heterocycles. The summed E-state index contributed by atoms with van der Waals surface area (Å²) < 4.78 is 25.1. The number of nitrogen functional groups attached to an aromatic ring is 2. The van der Waals surface area contributed by atoms with Crippen LogP contribution in [0.25, 0.3) is 0 Å². The molecule has 0 aliphatic carbocycles. The molecule has 28 heavy (non-hydrogen) atoms. The minimum absolute atomic E-state index is 0.139. The molecule has 4 N–H and O–H groups in total. The lowest BCUT2D eigenvalue weighted by molar-refractivity contribution is 0.0207. The molecule has 0 aliphatic rings. The molecule has 0 atom stereocenters. The van der Waals surface area contributed by atoms with Crippen LogP contribution < -0.4 is 25.7 Å². The van der Waals surface area contributed by atoms with E-state index in [2.05, 4.69) is 4.74 Å². The second-order valence-corrected chi connectivity index (χ2v) is 6.62. The molecule has 0 spiro atoms. The molecule has 0 radical (unpaired) electrons. The van der Waals surface area contributed by atoms with Gasteiger partial charge in [-0.1, -0.05) is 0 Å². The summed E-state index contributed by atoms with van der Waals surface area (Å²) in [5, 5.41) is 0. The highest BCUT2D eigenvalue weighted by atomic mass is 16.7. The van der Waals surface area contributed by atoms with Crippen LogP contribution in [0, 0.1) is 0 Å². The Hall–Kier alpha value is -3.62. The van der Waals surface area contributed by atoms with Gasteiger partial charge in [0.2, 0.25) is 0 Å². The van der Waals surface area contributed by atoms with Crippen molar-refractivity contribution < 1.29 is 33.3 Å². The first-order valence-electron chi connectivity index (χ1n) is 8.21. The summed E-state index contributed by atoms with van der Waals surface area (Å²) in [7, 11) is 1.19. The molecule has 0 aromatic heterocycles. The predicted molar refractivity (Wildman–Crippen MR) is 102 cm³/mol. The largest absolute Gasteiger partial charge is 0.514 e. The highest BCUT2D eigenvalue weighted by molar-refractivity contribution is 5.70. The molecular formula is C19H22N2O7. The molecule has 0 saturated heterocycles. The minimum Gasteiger partial charge on any atom is -0.457 e. The van der Waals surface area contributed by atoms with Gasteiger partial charge in [-0.25, -0.2) is 9.59 Å². The van der Waals surface area contributed by atoms with E-state index in [0.717, 1.165) is 0 Å². The van der Waals surface area contributed by atoms with Gasteiger partial charge in [0.15, 0.2) is 11.5 Å². The van der Waals surface area contributed by atoms with E-state index in [1.165, 1.54) is 31.4 Å². The van der Waals surface area contributed by atoms with Gasteiger partial charge in [0.25, 0.3) is 0 Å². The van der Waals surface area contributed by atoms with Gasteiger partial charge in [0.1, 0.15) is 17.1 Å². The third-order valence-electron chi connectivity index (χ3n) is 3.14. The second kappa shape index (κ2) is 8.38. The lowest BCUT2D eigenvalue weighted by Crippen LogP contribution is -2.26. The van der Waals surface area contributed by atoms with Crippen molar-refractivity contribution in [1.82, 2.24) is 0 Å². The van der Waals surface area contributed by atoms with Gasteiger partial charge in [-0.05, 0) is 45.0 Å². The number of methoxy groups -OCH3 is 1. The molecule has 0 bridgehead atoms. The molecule has 150 valence electrons. The second-order valence-electron chi connectivity index (χ2n) is 6.62. The first kappa shape index (κ1) is 20.7. The van der Waals surface area contributed by atoms with Crippen LogP contribution in [0.5, 0.6) is 23.0 Å². The maximum absolute atomic E-state index is 11.7. The zero-order valence-electron chi connectivity index (χ0n) is 16.0. The topological polar surface area (TPSA) is 132 Å². The molecule has 0 fully saturated rings. The maximum Gasteiger partial charge on any atom is 0.514 e. The standard InChI is InChI=1S/C19H22N2O7/c1-19(2,3)28-18(23)27-16-8-6-12(10-14(16)21)25-11-5-7-15(13(20)9-11)26-17(22)24-4/h5-10H,20-21H2,1-4H3. The van der Waals surface area contributed by atoms with Crippen molar-refractivity contribution in [3.63, 3.8) is 0 Å². The van der Waals surface area contributed by atoms with Crippen LogP contribution in [0.4, 0.5) is 21.0 Å². The third-order valence-corrected chi connectivity index (χ3v) is 3.14. The van der Waals surface area contributed by atoms with E-state index >= 15 is 0 Å². The fourth-order valence-corrected chi connectivity index (χ4v) is 1.99. The summed E-state index contributed by atoms with van der Waals surface area (Å²) in [6.45, 7) is 5.17. The Morgan fingerprint density at radius 1 is 0.821 bits per heavy atom. The number of hydrogen-bond acceptors (Lipinski definition) is 9. The van der Waals surface area contributed by atoms with Crippen molar-refractivity contribution in [3.8, 4) is 23.0 Å². The average Bonchev–Trinajstić information content (AvgIpc) is 2.58. The van der Waals surface area contributed by atoms with Gasteiger partial charge in [-0.2, -0.15) is 0 Å². The summed E-state index contributed by atoms with van der Waals surface area (Å²) in [6.07, 6.45) is -1.74. The highest BCUT2D eigenvalue weighted by Gasteiger charge is 2.19. The Labute approximate surface area is 162 Å². The number of ether oxygens (including phenoxy) is 5. The van der Waals surface area contributed by atoms with Crippen LogP contribution >= 0.6 is 0 Å². The van der Waals surface area contributed by atoms with Crippen molar-refractivity contribution in [2.45, 2.75) is 26.4 Å². The van der Waals surface area contributed by atoms with Crippen LogP contribution in [0.2, 0.25) is 0 Å². The molecule has 2 aromatic carbocycles. The molecule has 9 nitrogen and oxygen atoms in total. The normalized spacial score (nSPS) is 10.7. The van der Waals surface area contributed by atoms with Crippen molar-refractivity contribution in [1.29, 1.82) is 0 Å². The molecule has 2 aromatic rings. The van der Waals surface area contributed by atoms with E-state index in [4.69, 9.17) is 30.4 Å². The number of benzene rings is 2. The third kappa shape index (κ3) is 5.97. The Kier molecular flexibility index (Phi) is 6.19. The lowest BCUT2D eigenvalue weighted by atomic mass is 10.2. The van der Waals surface area contributed by atoms with Gasteiger partial charge in [0.05, 0.1) is 18.5 Å². The molecule has 0 saturated carbocycles. The number of rotatable bonds is 4. The van der Waals surface area contributed by atoms with Crippen LogP contribution in [0.3, 0.4) is 0 Å². The van der Waals surface area contributed by atoms with Gasteiger partial charge < -0.3 is 35.2 Å². The fraction of sp³-hybridized carbons (Fsp3) is 0.263. The van der Waals surface area contributed by atoms with Crippen molar-refractivity contribution in [2.75, 3.05) is 18.6 Å². The van der Waals surface area contributed by atoms with Crippen LogP contribution in [0.15, 0.2) is 36.4 Å². The van der Waals surface area contributed by atoms with Gasteiger partial charge in [0, 0.05) is 12.1 Å². The zero-order chi connectivity index (χ0) is 20.9. The van der Waals surface area contributed by atoms with E-state index in [9.17, 15) is 9.59 Å². The smallest absolute Gasteiger partial charge is 0.457 e. The minimum atomic E-state index is -0.881. The van der Waals surface area contributed by atoms with Crippen molar-refractivity contribution in [3.05, 3.63) is 36.4 Å². The monoisotopic (exact) mass is 390 g/mol. The molecule has 9 heteroatoms. The number of hydrogen-bond donors (Lipinski definition) is 2. The van der Waals surface area contributed by atoms with Crippen LogP contribution in [-0.2, 0) is 9.47 Å². The first-order valence-corrected chi connectivity index (χ1v) is 8.21. The predicted octanol–water partition coefficient (Wildman–Crippen LogP) is 4.10. The Balaban J connectivity index is 2.07. The van der Waals surface area contributed by atoms with Crippen molar-refractivity contribution in [2.24, 2.45) is 0 Å². The molecule has 2 rings (SSSR count). The van der Waals surface area contributed by atoms with Crippen LogP contribution in [-0.4, -0.2) is 25.0 Å². The molecule has 0 amide bonds. The number of anilines is 2. The van der Waals surface area contributed by atoms with Gasteiger partial charge in [-0.15, -0.1) is 0 Å². The summed E-state index contributed by atoms with van der Waals surface area (Å²) in [5.74, 6) is 1.05. The number of carbonyl (C=O) groups excluding carboxylic acids is 2. The maximum atomic E-state index is 11.7. The molecule has 0 aliphatic heterocycles. The highest BCUT2D eigenvalue weighted by Crippen LogP contribution is 2.33. The average molecular weight is 390 g/mol. The van der Waals surface area contributed by atoms with E-state index in [1.807, 2.05) is 0 Å². The first-order chi connectivity index (χ1) is 13.1. The fourth-order valence-electron chi connectivity index (χ4n) is 1.99. The van der Waals surface area contributed by atoms with Crippen LogP contribution in [0.1, 0.15) is 20.8 Å². The van der Waals surface area contributed by atoms with E-state index in [-0.39, 0.29) is 22.9 Å². The number of carbonyl (C=O) groups is 2. The Bertz CT molecular complexity index is 875. The summed E-state index contributed by atoms with van der Waals surface area (Å²) in [6, 6.07) is 9.01.